The van der Waals surface area contributed by atoms with Crippen molar-refractivity contribution in [1.82, 2.24) is 5.32 Å². The lowest BCUT2D eigenvalue weighted by molar-refractivity contribution is 0.501. The van der Waals surface area contributed by atoms with Crippen LogP contribution in [0, 0.1) is 17.5 Å². The van der Waals surface area contributed by atoms with Crippen molar-refractivity contribution >= 4 is 11.6 Å². The number of halogens is 4. The van der Waals surface area contributed by atoms with E-state index in [2.05, 4.69) is 5.32 Å². The summed E-state index contributed by atoms with van der Waals surface area (Å²) in [4.78, 5) is 0. The Morgan fingerprint density at radius 1 is 1.05 bits per heavy atom. The quantitative estimate of drug-likeness (QED) is 0.847. The zero-order valence-electron chi connectivity index (χ0n) is 11.5. The van der Waals surface area contributed by atoms with Gasteiger partial charge in [0.2, 0.25) is 0 Å². The number of likely N-dealkylation sites (N-methyl/N-ethyl adjacent to an activating group) is 1. The van der Waals surface area contributed by atoms with Gasteiger partial charge in [-0.3, -0.25) is 0 Å². The predicted octanol–water partition coefficient (Wildman–Crippen LogP) is 4.65. The standard InChI is InChI=1S/C16H15ClF3N/c1-2-21-16(13-9-12(19)4-6-15(13)20)8-10-7-11(18)3-5-14(10)17/h3-7,9,16,21H,2,8H2,1H3. The van der Waals surface area contributed by atoms with E-state index >= 15 is 0 Å². The van der Waals surface area contributed by atoms with E-state index in [4.69, 9.17) is 11.6 Å². The highest BCUT2D eigenvalue weighted by Crippen LogP contribution is 2.26. The first-order valence-corrected chi connectivity index (χ1v) is 7.01. The van der Waals surface area contributed by atoms with E-state index in [1.807, 2.05) is 6.92 Å². The van der Waals surface area contributed by atoms with Gasteiger partial charge in [0.25, 0.3) is 0 Å². The lowest BCUT2D eigenvalue weighted by atomic mass is 9.98. The fourth-order valence-corrected chi connectivity index (χ4v) is 2.43. The van der Waals surface area contributed by atoms with E-state index in [9.17, 15) is 13.2 Å². The molecule has 0 saturated heterocycles. The molecule has 1 unspecified atom stereocenters. The third kappa shape index (κ3) is 3.99. The Kier molecular flexibility index (Phi) is 5.26. The molecule has 0 fully saturated rings. The number of rotatable bonds is 5. The summed E-state index contributed by atoms with van der Waals surface area (Å²) < 4.78 is 40.6. The average Bonchev–Trinajstić information content (AvgIpc) is 2.45. The minimum absolute atomic E-state index is 0.206. The first kappa shape index (κ1) is 15.9. The van der Waals surface area contributed by atoms with E-state index in [0.29, 0.717) is 17.1 Å². The predicted molar refractivity (Wildman–Crippen MR) is 77.9 cm³/mol. The van der Waals surface area contributed by atoms with E-state index in [1.54, 1.807) is 0 Å². The molecule has 5 heteroatoms. The zero-order valence-corrected chi connectivity index (χ0v) is 12.2. The molecule has 0 radical (unpaired) electrons. The van der Waals surface area contributed by atoms with Crippen molar-refractivity contribution < 1.29 is 13.2 Å². The molecule has 0 heterocycles. The van der Waals surface area contributed by atoms with Crippen LogP contribution in [0.25, 0.3) is 0 Å². The van der Waals surface area contributed by atoms with Crippen molar-refractivity contribution in [2.24, 2.45) is 0 Å². The second-order valence-corrected chi connectivity index (χ2v) is 5.12. The van der Waals surface area contributed by atoms with Gasteiger partial charge in [-0.1, -0.05) is 18.5 Å². The lowest BCUT2D eigenvalue weighted by Crippen LogP contribution is -2.24. The smallest absolute Gasteiger partial charge is 0.128 e. The molecule has 0 spiro atoms. The number of nitrogens with one attached hydrogen (secondary N) is 1. The van der Waals surface area contributed by atoms with Gasteiger partial charge >= 0.3 is 0 Å². The van der Waals surface area contributed by atoms with Gasteiger partial charge in [0.1, 0.15) is 17.5 Å². The first-order chi connectivity index (χ1) is 10.0. The maximum atomic E-state index is 13.9. The third-order valence-corrected chi connectivity index (χ3v) is 3.58. The van der Waals surface area contributed by atoms with Crippen LogP contribution in [0.1, 0.15) is 24.1 Å². The molecule has 0 aliphatic carbocycles. The molecular formula is C16H15ClF3N. The molecule has 21 heavy (non-hydrogen) atoms. The fraction of sp³-hybridized carbons (Fsp3) is 0.250. The monoisotopic (exact) mass is 313 g/mol. The van der Waals surface area contributed by atoms with Gasteiger partial charge in [-0.15, -0.1) is 0 Å². The van der Waals surface area contributed by atoms with E-state index < -0.39 is 23.5 Å². The van der Waals surface area contributed by atoms with E-state index in [-0.39, 0.29) is 12.0 Å². The molecule has 0 aliphatic rings. The van der Waals surface area contributed by atoms with Gasteiger partial charge < -0.3 is 5.32 Å². The van der Waals surface area contributed by atoms with Gasteiger partial charge in [-0.2, -0.15) is 0 Å². The van der Waals surface area contributed by atoms with Gasteiger partial charge in [-0.25, -0.2) is 13.2 Å². The Labute approximate surface area is 126 Å². The zero-order chi connectivity index (χ0) is 15.4. The average molecular weight is 314 g/mol. The van der Waals surface area contributed by atoms with Crippen molar-refractivity contribution in [2.45, 2.75) is 19.4 Å². The summed E-state index contributed by atoms with van der Waals surface area (Å²) >= 11 is 6.04. The summed E-state index contributed by atoms with van der Waals surface area (Å²) in [5.74, 6) is -1.43. The van der Waals surface area contributed by atoms with E-state index in [1.165, 1.54) is 18.2 Å². The molecule has 0 amide bonds. The Morgan fingerprint density at radius 3 is 2.43 bits per heavy atom. The number of benzene rings is 2. The molecule has 112 valence electrons. The molecule has 2 aromatic rings. The van der Waals surface area contributed by atoms with Crippen LogP contribution in [0.5, 0.6) is 0 Å². The molecule has 0 aromatic heterocycles. The Bertz CT molecular complexity index is 631. The van der Waals surface area contributed by atoms with Crippen molar-refractivity contribution in [1.29, 1.82) is 0 Å². The fourth-order valence-electron chi connectivity index (χ4n) is 2.24. The molecule has 1 N–H and O–H groups in total. The maximum Gasteiger partial charge on any atom is 0.128 e. The van der Waals surface area contributed by atoms with Gasteiger partial charge in [0.15, 0.2) is 0 Å². The normalized spacial score (nSPS) is 12.4. The lowest BCUT2D eigenvalue weighted by Gasteiger charge is -2.20. The molecule has 0 bridgehead atoms. The van der Waals surface area contributed by atoms with Crippen LogP contribution < -0.4 is 5.32 Å². The Hall–Kier alpha value is -1.52. The van der Waals surface area contributed by atoms with Crippen LogP contribution in [-0.4, -0.2) is 6.54 Å². The Morgan fingerprint density at radius 2 is 1.71 bits per heavy atom. The maximum absolute atomic E-state index is 13.9. The van der Waals surface area contributed by atoms with Crippen molar-refractivity contribution in [2.75, 3.05) is 6.54 Å². The third-order valence-electron chi connectivity index (χ3n) is 3.22. The first-order valence-electron chi connectivity index (χ1n) is 6.63. The minimum Gasteiger partial charge on any atom is -0.310 e. The largest absolute Gasteiger partial charge is 0.310 e. The molecule has 1 atom stereocenters. The SMILES string of the molecule is CCNC(Cc1cc(F)ccc1Cl)c1cc(F)ccc1F. The van der Waals surface area contributed by atoms with Crippen LogP contribution in [-0.2, 0) is 6.42 Å². The van der Waals surface area contributed by atoms with Gasteiger partial charge in [0, 0.05) is 16.6 Å². The summed E-state index contributed by atoms with van der Waals surface area (Å²) in [6.07, 6.45) is 0.269. The van der Waals surface area contributed by atoms with Gasteiger partial charge in [0.05, 0.1) is 0 Å². The molecule has 2 aromatic carbocycles. The second kappa shape index (κ2) is 6.96. The Balaban J connectivity index is 2.35. The minimum atomic E-state index is -0.514. The van der Waals surface area contributed by atoms with Crippen LogP contribution in [0.2, 0.25) is 5.02 Å². The summed E-state index contributed by atoms with van der Waals surface area (Å²) in [6.45, 7) is 2.42. The van der Waals surface area contributed by atoms with Crippen molar-refractivity contribution in [3.63, 3.8) is 0 Å². The molecule has 0 aliphatic heterocycles. The molecule has 2 rings (SSSR count). The highest BCUT2D eigenvalue weighted by Gasteiger charge is 2.18. The van der Waals surface area contributed by atoms with Gasteiger partial charge in [-0.05, 0) is 54.9 Å². The van der Waals surface area contributed by atoms with Crippen LogP contribution in [0.15, 0.2) is 36.4 Å². The summed E-state index contributed by atoms with van der Waals surface area (Å²) in [5.41, 5.74) is 0.753. The van der Waals surface area contributed by atoms with E-state index in [0.717, 1.165) is 18.2 Å². The highest BCUT2D eigenvalue weighted by molar-refractivity contribution is 6.31. The van der Waals surface area contributed by atoms with Crippen LogP contribution in [0.4, 0.5) is 13.2 Å². The summed E-state index contributed by atoms with van der Waals surface area (Å²) in [7, 11) is 0. The second-order valence-electron chi connectivity index (χ2n) is 4.72. The number of hydrogen-bond donors (Lipinski definition) is 1. The van der Waals surface area contributed by atoms with Crippen LogP contribution in [0.3, 0.4) is 0 Å². The number of hydrogen-bond acceptors (Lipinski definition) is 1. The highest BCUT2D eigenvalue weighted by atomic mass is 35.5. The molecular weight excluding hydrogens is 299 g/mol. The molecule has 1 nitrogen and oxygen atoms in total. The topological polar surface area (TPSA) is 12.0 Å². The van der Waals surface area contributed by atoms with Crippen molar-refractivity contribution in [3.05, 3.63) is 70.0 Å². The van der Waals surface area contributed by atoms with Crippen LogP contribution >= 0.6 is 11.6 Å². The molecule has 0 saturated carbocycles. The van der Waals surface area contributed by atoms with Crippen molar-refractivity contribution in [3.8, 4) is 0 Å². The summed E-state index contributed by atoms with van der Waals surface area (Å²) in [5, 5.41) is 3.47. The summed E-state index contributed by atoms with van der Waals surface area (Å²) in [6, 6.07) is 6.84.